The number of alkyl halides is 3. The molecule has 2 atom stereocenters. The molecule has 1 aliphatic heterocycles. The van der Waals surface area contributed by atoms with Crippen molar-refractivity contribution in [3.05, 3.63) is 48.7 Å². The van der Waals surface area contributed by atoms with E-state index < -0.39 is 12.1 Å². The number of halogens is 3. The van der Waals surface area contributed by atoms with E-state index in [1.165, 1.54) is 12.5 Å². The van der Waals surface area contributed by atoms with Crippen LogP contribution in [0.4, 0.5) is 13.2 Å². The SMILES string of the molecule is O=C(O)C(F)(F)F.O=C(c1ccoc1)N1CCO[C@]2(CCC[C@@H]2COc2cccnc2)C1. The summed E-state index contributed by atoms with van der Waals surface area (Å²) in [6.07, 6.45) is 4.50. The van der Waals surface area contributed by atoms with Crippen molar-refractivity contribution in [2.45, 2.75) is 31.0 Å². The number of hydrogen-bond acceptors (Lipinski definition) is 6. The van der Waals surface area contributed by atoms with Gasteiger partial charge < -0.3 is 23.9 Å². The Labute approximate surface area is 181 Å². The molecule has 1 spiro atoms. The number of rotatable bonds is 4. The molecule has 3 heterocycles. The van der Waals surface area contributed by atoms with Crippen LogP contribution in [0.2, 0.25) is 0 Å². The zero-order valence-electron chi connectivity index (χ0n) is 17.1. The highest BCUT2D eigenvalue weighted by molar-refractivity contribution is 5.93. The standard InChI is InChI=1S/C19H22N2O4.C2HF3O2/c22-18(15-5-9-23-12-15)21-8-10-25-19(14-21)6-1-3-16(19)13-24-17-4-2-7-20-11-17;3-2(4,5)1(6)7/h2,4-5,7,9,11-12,16H,1,3,6,8,10,13-14H2;(H,6,7)/t16-,19-;/m1./s1. The van der Waals surface area contributed by atoms with Gasteiger partial charge in [-0.15, -0.1) is 0 Å². The van der Waals surface area contributed by atoms with Crippen LogP contribution in [-0.4, -0.2) is 64.9 Å². The first kappa shape index (κ1) is 23.6. The third-order valence-electron chi connectivity index (χ3n) is 5.49. The Hall–Kier alpha value is -3.08. The van der Waals surface area contributed by atoms with Crippen LogP contribution in [0.3, 0.4) is 0 Å². The van der Waals surface area contributed by atoms with Crippen molar-refractivity contribution < 1.29 is 41.8 Å². The highest BCUT2D eigenvalue weighted by atomic mass is 19.4. The van der Waals surface area contributed by atoms with E-state index >= 15 is 0 Å². The lowest BCUT2D eigenvalue weighted by molar-refractivity contribution is -0.192. The number of nitrogens with zero attached hydrogens (tertiary/aromatic N) is 2. The normalized spacial score (nSPS) is 22.8. The lowest BCUT2D eigenvalue weighted by Gasteiger charge is -2.43. The summed E-state index contributed by atoms with van der Waals surface area (Å²) in [5.74, 6) is -1.71. The van der Waals surface area contributed by atoms with Gasteiger partial charge in [-0.05, 0) is 37.5 Å². The molecule has 0 bridgehead atoms. The molecule has 2 aromatic rings. The van der Waals surface area contributed by atoms with Gasteiger partial charge in [0.1, 0.15) is 12.0 Å². The topological polar surface area (TPSA) is 102 Å². The third kappa shape index (κ3) is 5.78. The van der Waals surface area contributed by atoms with Crippen molar-refractivity contribution in [2.75, 3.05) is 26.3 Å². The van der Waals surface area contributed by atoms with Gasteiger partial charge in [-0.2, -0.15) is 13.2 Å². The maximum Gasteiger partial charge on any atom is 0.490 e. The number of carbonyl (C=O) groups is 2. The number of carboxylic acids is 1. The third-order valence-corrected chi connectivity index (χ3v) is 5.49. The molecule has 1 amide bonds. The van der Waals surface area contributed by atoms with E-state index in [0.29, 0.717) is 31.9 Å². The summed E-state index contributed by atoms with van der Waals surface area (Å²) >= 11 is 0. The first-order valence-electron chi connectivity index (χ1n) is 10.00. The van der Waals surface area contributed by atoms with Crippen LogP contribution in [0.15, 0.2) is 47.5 Å². The molecule has 1 saturated carbocycles. The Morgan fingerprint density at radius 1 is 1.34 bits per heavy atom. The second kappa shape index (κ2) is 10.0. The zero-order chi connectivity index (χ0) is 23.2. The summed E-state index contributed by atoms with van der Waals surface area (Å²) in [4.78, 5) is 27.5. The predicted octanol–water partition coefficient (Wildman–Crippen LogP) is 3.40. The van der Waals surface area contributed by atoms with E-state index in [1.54, 1.807) is 18.5 Å². The van der Waals surface area contributed by atoms with Gasteiger partial charge in [0.05, 0.1) is 43.4 Å². The van der Waals surface area contributed by atoms with Crippen LogP contribution < -0.4 is 4.74 Å². The van der Waals surface area contributed by atoms with E-state index in [9.17, 15) is 18.0 Å². The molecule has 174 valence electrons. The first-order valence-corrected chi connectivity index (χ1v) is 10.00. The Bertz CT molecular complexity index is 891. The minimum Gasteiger partial charge on any atom is -0.492 e. The van der Waals surface area contributed by atoms with E-state index in [1.807, 2.05) is 17.0 Å². The minimum absolute atomic E-state index is 0.00949. The largest absolute Gasteiger partial charge is 0.492 e. The second-order valence-electron chi connectivity index (χ2n) is 7.54. The Morgan fingerprint density at radius 2 is 2.12 bits per heavy atom. The molecule has 0 radical (unpaired) electrons. The van der Waals surface area contributed by atoms with Crippen molar-refractivity contribution in [3.8, 4) is 5.75 Å². The minimum atomic E-state index is -5.08. The van der Waals surface area contributed by atoms with Gasteiger partial charge in [-0.25, -0.2) is 4.79 Å². The number of furan rings is 1. The molecule has 4 rings (SSSR count). The van der Waals surface area contributed by atoms with Crippen molar-refractivity contribution in [3.63, 3.8) is 0 Å². The predicted molar refractivity (Wildman–Crippen MR) is 104 cm³/mol. The second-order valence-corrected chi connectivity index (χ2v) is 7.54. The number of pyridine rings is 1. The molecule has 8 nitrogen and oxygen atoms in total. The van der Waals surface area contributed by atoms with E-state index in [-0.39, 0.29) is 17.4 Å². The quantitative estimate of drug-likeness (QED) is 0.752. The molecule has 2 aromatic heterocycles. The Kier molecular flexibility index (Phi) is 7.39. The molecule has 1 N–H and O–H groups in total. The summed E-state index contributed by atoms with van der Waals surface area (Å²) < 4.78 is 48.9. The van der Waals surface area contributed by atoms with Gasteiger partial charge in [0, 0.05) is 18.7 Å². The fourth-order valence-electron chi connectivity index (χ4n) is 3.93. The first-order chi connectivity index (χ1) is 15.2. The van der Waals surface area contributed by atoms with Gasteiger partial charge in [0.2, 0.25) is 0 Å². The Morgan fingerprint density at radius 3 is 2.75 bits per heavy atom. The number of morpholine rings is 1. The monoisotopic (exact) mass is 456 g/mol. The highest BCUT2D eigenvalue weighted by Crippen LogP contribution is 2.41. The average Bonchev–Trinajstić information content (AvgIpc) is 3.43. The van der Waals surface area contributed by atoms with E-state index in [0.717, 1.165) is 25.0 Å². The van der Waals surface area contributed by atoms with Crippen LogP contribution in [-0.2, 0) is 9.53 Å². The number of carbonyl (C=O) groups excluding carboxylic acids is 1. The van der Waals surface area contributed by atoms with Gasteiger partial charge in [0.15, 0.2) is 0 Å². The lowest BCUT2D eigenvalue weighted by Crippen LogP contribution is -2.56. The summed E-state index contributed by atoms with van der Waals surface area (Å²) in [7, 11) is 0. The average molecular weight is 456 g/mol. The van der Waals surface area contributed by atoms with Crippen LogP contribution in [0.25, 0.3) is 0 Å². The number of hydrogen-bond donors (Lipinski definition) is 1. The highest BCUT2D eigenvalue weighted by Gasteiger charge is 2.48. The summed E-state index contributed by atoms with van der Waals surface area (Å²) in [5, 5.41) is 7.12. The van der Waals surface area contributed by atoms with Gasteiger partial charge in [-0.3, -0.25) is 9.78 Å². The molecule has 32 heavy (non-hydrogen) atoms. The van der Waals surface area contributed by atoms with Crippen molar-refractivity contribution in [2.24, 2.45) is 5.92 Å². The van der Waals surface area contributed by atoms with Crippen LogP contribution in [0.5, 0.6) is 5.75 Å². The molecule has 1 saturated heterocycles. The number of aromatic nitrogens is 1. The van der Waals surface area contributed by atoms with Gasteiger partial charge in [-0.1, -0.05) is 0 Å². The smallest absolute Gasteiger partial charge is 0.490 e. The van der Waals surface area contributed by atoms with Crippen molar-refractivity contribution in [1.82, 2.24) is 9.88 Å². The molecule has 2 aliphatic rings. The maximum absolute atomic E-state index is 12.7. The van der Waals surface area contributed by atoms with E-state index in [2.05, 4.69) is 4.98 Å². The van der Waals surface area contributed by atoms with Gasteiger partial charge in [0.25, 0.3) is 5.91 Å². The molecule has 2 fully saturated rings. The fourth-order valence-corrected chi connectivity index (χ4v) is 3.93. The Balaban J connectivity index is 0.000000360. The number of ether oxygens (including phenoxy) is 2. The fraction of sp³-hybridized carbons (Fsp3) is 0.476. The summed E-state index contributed by atoms with van der Waals surface area (Å²) in [5.41, 5.74) is 0.290. The molecule has 0 unspecified atom stereocenters. The van der Waals surface area contributed by atoms with Crippen molar-refractivity contribution >= 4 is 11.9 Å². The summed E-state index contributed by atoms with van der Waals surface area (Å²) in [6.45, 7) is 2.37. The van der Waals surface area contributed by atoms with Crippen LogP contribution >= 0.6 is 0 Å². The zero-order valence-corrected chi connectivity index (χ0v) is 17.1. The number of amides is 1. The number of carboxylic acid groups (broad SMARTS) is 1. The molecular formula is C21H23F3N2O6. The molecule has 0 aromatic carbocycles. The van der Waals surface area contributed by atoms with Crippen LogP contribution in [0.1, 0.15) is 29.6 Å². The lowest BCUT2D eigenvalue weighted by atomic mass is 9.89. The molecule has 1 aliphatic carbocycles. The number of aliphatic carboxylic acids is 1. The summed E-state index contributed by atoms with van der Waals surface area (Å²) in [6, 6.07) is 5.48. The van der Waals surface area contributed by atoms with E-state index in [4.69, 9.17) is 23.8 Å². The van der Waals surface area contributed by atoms with Crippen LogP contribution in [0, 0.1) is 5.92 Å². The molecule has 11 heteroatoms. The van der Waals surface area contributed by atoms with Gasteiger partial charge >= 0.3 is 12.1 Å². The molecular weight excluding hydrogens is 433 g/mol. The maximum atomic E-state index is 12.7. The van der Waals surface area contributed by atoms with Crippen molar-refractivity contribution in [1.29, 1.82) is 0 Å².